The van der Waals surface area contributed by atoms with Crippen LogP contribution in [-0.4, -0.2) is 58.4 Å². The molecule has 5 rings (SSSR count). The van der Waals surface area contributed by atoms with Crippen molar-refractivity contribution in [2.45, 2.75) is 26.6 Å². The van der Waals surface area contributed by atoms with Gasteiger partial charge in [-0.25, -0.2) is 9.97 Å². The van der Waals surface area contributed by atoms with Gasteiger partial charge in [-0.2, -0.15) is 13.2 Å². The van der Waals surface area contributed by atoms with Crippen LogP contribution in [0.5, 0.6) is 0 Å². The highest BCUT2D eigenvalue weighted by Crippen LogP contribution is 2.35. The predicted octanol–water partition coefficient (Wildman–Crippen LogP) is 6.16. The first-order chi connectivity index (χ1) is 19.6. The van der Waals surface area contributed by atoms with Crippen LogP contribution in [0.25, 0.3) is 22.4 Å². The Morgan fingerprint density at radius 2 is 1.78 bits per heavy atom. The van der Waals surface area contributed by atoms with Gasteiger partial charge in [0.25, 0.3) is 5.91 Å². The Labute approximate surface area is 240 Å². The Kier molecular flexibility index (Phi) is 8.39. The summed E-state index contributed by atoms with van der Waals surface area (Å²) in [5, 5.41) is 4.58. The summed E-state index contributed by atoms with van der Waals surface area (Å²) in [5.74, 6) is -0.0660. The van der Waals surface area contributed by atoms with E-state index in [2.05, 4.69) is 27.1 Å². The number of benzene rings is 2. The molecule has 7 nitrogen and oxygen atoms in total. The first-order valence-electron chi connectivity index (χ1n) is 13.3. The monoisotopic (exact) mass is 580 g/mol. The quantitative estimate of drug-likeness (QED) is 0.272. The van der Waals surface area contributed by atoms with E-state index in [4.69, 9.17) is 5.73 Å². The maximum atomic E-state index is 14.0. The molecule has 11 heteroatoms. The minimum atomic E-state index is -4.54. The molecule has 1 saturated heterocycles. The Hall–Kier alpha value is -3.80. The van der Waals surface area contributed by atoms with Crippen molar-refractivity contribution in [2.75, 3.05) is 43.8 Å². The number of nitrogen functional groups attached to an aromatic ring is 1. The van der Waals surface area contributed by atoms with Gasteiger partial charge in [0.2, 0.25) is 0 Å². The van der Waals surface area contributed by atoms with E-state index in [1.54, 1.807) is 12.1 Å². The molecule has 1 aliphatic heterocycles. The zero-order chi connectivity index (χ0) is 29.1. The van der Waals surface area contributed by atoms with E-state index in [1.165, 1.54) is 29.8 Å². The van der Waals surface area contributed by atoms with Crippen molar-refractivity contribution in [2.24, 2.45) is 0 Å². The number of amides is 1. The van der Waals surface area contributed by atoms with Gasteiger partial charge >= 0.3 is 6.18 Å². The normalized spacial score (nSPS) is 15.1. The summed E-state index contributed by atoms with van der Waals surface area (Å²) < 4.78 is 42.9. The molecule has 3 heterocycles. The Morgan fingerprint density at radius 3 is 2.51 bits per heavy atom. The molecule has 1 fully saturated rings. The average molecular weight is 581 g/mol. The molecular weight excluding hydrogens is 549 g/mol. The van der Waals surface area contributed by atoms with E-state index >= 15 is 0 Å². The predicted molar refractivity (Wildman–Crippen MR) is 159 cm³/mol. The third-order valence-electron chi connectivity index (χ3n) is 7.37. The van der Waals surface area contributed by atoms with E-state index in [1.807, 2.05) is 35.4 Å². The van der Waals surface area contributed by atoms with Crippen molar-refractivity contribution in [3.8, 4) is 0 Å². The molecule has 214 valence electrons. The molecule has 0 unspecified atom stereocenters. The van der Waals surface area contributed by atoms with Crippen LogP contribution in [-0.2, 0) is 12.7 Å². The fraction of sp³-hybridized carbons (Fsp3) is 0.300. The lowest BCUT2D eigenvalue weighted by molar-refractivity contribution is -0.138. The lowest BCUT2D eigenvalue weighted by Crippen LogP contribution is -2.45. The van der Waals surface area contributed by atoms with E-state index in [0.29, 0.717) is 11.4 Å². The minimum Gasteiger partial charge on any atom is -0.382 e. The number of nitrogens with two attached hydrogens (primary N) is 1. The molecule has 4 aromatic rings. The number of carbonyl (C=O) groups excluding carboxylic acids is 1. The number of aromatic nitrogens is 2. The molecule has 2 aromatic heterocycles. The summed E-state index contributed by atoms with van der Waals surface area (Å²) in [7, 11) is 0. The molecule has 0 saturated carbocycles. The number of nitrogens with zero attached hydrogens (tertiary/aromatic N) is 4. The number of halogens is 3. The Balaban J connectivity index is 1.33. The number of piperazine rings is 1. The molecule has 0 atom stereocenters. The summed E-state index contributed by atoms with van der Waals surface area (Å²) in [6.07, 6.45) is 0.654. The van der Waals surface area contributed by atoms with Crippen molar-refractivity contribution >= 4 is 51.1 Å². The van der Waals surface area contributed by atoms with Crippen LogP contribution in [0.2, 0.25) is 0 Å². The number of likely N-dealkylation sites (N-methyl/N-ethyl adjacent to an activating group) is 1. The molecule has 3 N–H and O–H groups in total. The van der Waals surface area contributed by atoms with Gasteiger partial charge in [0, 0.05) is 54.9 Å². The second-order valence-corrected chi connectivity index (χ2v) is 10.9. The second kappa shape index (κ2) is 12.0. The van der Waals surface area contributed by atoms with Crippen LogP contribution in [0.1, 0.15) is 45.1 Å². The lowest BCUT2D eigenvalue weighted by atomic mass is 10.0. The highest BCUT2D eigenvalue weighted by Gasteiger charge is 2.34. The van der Waals surface area contributed by atoms with Crippen molar-refractivity contribution in [3.63, 3.8) is 0 Å². The number of carbonyl (C=O) groups is 1. The van der Waals surface area contributed by atoms with Gasteiger partial charge in [-0.05, 0) is 54.4 Å². The van der Waals surface area contributed by atoms with Gasteiger partial charge in [-0.3, -0.25) is 9.69 Å². The van der Waals surface area contributed by atoms with Crippen molar-refractivity contribution < 1.29 is 18.0 Å². The first-order valence-corrected chi connectivity index (χ1v) is 14.2. The number of alkyl halides is 3. The number of fused-ring (bicyclic) bond motifs is 1. The molecule has 1 aliphatic rings. The van der Waals surface area contributed by atoms with E-state index < -0.39 is 17.6 Å². The van der Waals surface area contributed by atoms with Crippen LogP contribution < -0.4 is 11.1 Å². The van der Waals surface area contributed by atoms with Gasteiger partial charge < -0.3 is 16.0 Å². The minimum absolute atomic E-state index is 0.0987. The number of thiophene rings is 1. The summed E-state index contributed by atoms with van der Waals surface area (Å²) in [6.45, 7) is 8.27. The van der Waals surface area contributed by atoms with Crippen LogP contribution in [0.3, 0.4) is 0 Å². The Morgan fingerprint density at radius 1 is 1.05 bits per heavy atom. The number of rotatable bonds is 7. The number of nitrogens with one attached hydrogen (secondary N) is 1. The maximum Gasteiger partial charge on any atom is 0.416 e. The van der Waals surface area contributed by atoms with Gasteiger partial charge in [0.05, 0.1) is 15.8 Å². The van der Waals surface area contributed by atoms with Crippen molar-refractivity contribution in [3.05, 3.63) is 81.5 Å². The highest BCUT2D eigenvalue weighted by atomic mass is 32.1. The van der Waals surface area contributed by atoms with Crippen molar-refractivity contribution in [1.29, 1.82) is 0 Å². The zero-order valence-electron chi connectivity index (χ0n) is 22.8. The van der Waals surface area contributed by atoms with Crippen LogP contribution >= 0.6 is 11.3 Å². The van der Waals surface area contributed by atoms with Gasteiger partial charge in [0.1, 0.15) is 12.1 Å². The fourth-order valence-electron chi connectivity index (χ4n) is 4.91. The van der Waals surface area contributed by atoms with E-state index in [-0.39, 0.29) is 17.8 Å². The SMILES string of the molecule is CCN1CCN(Cc2ccc(NC(=O)c3ccc(C)c(C=Cc4csc5c(N)ncnc45)c3)cc2C(F)(F)F)CC1. The fourth-order valence-corrected chi connectivity index (χ4v) is 5.80. The molecule has 2 aromatic carbocycles. The van der Waals surface area contributed by atoms with Gasteiger partial charge in [-0.1, -0.05) is 31.2 Å². The summed E-state index contributed by atoms with van der Waals surface area (Å²) in [6, 6.07) is 9.21. The molecule has 0 aliphatic carbocycles. The molecule has 0 radical (unpaired) electrons. The van der Waals surface area contributed by atoms with E-state index in [0.717, 1.165) is 65.7 Å². The number of aryl methyl sites for hydroxylation is 1. The second-order valence-electron chi connectivity index (χ2n) is 10.1. The molecule has 0 bridgehead atoms. The third kappa shape index (κ3) is 6.58. The first kappa shape index (κ1) is 28.7. The standard InChI is InChI=1S/C30H31F3N6OS/c1-3-38-10-12-39(13-11-38)16-22-8-9-24(15-25(22)30(31,32)33)37-29(40)21-5-4-19(2)20(14-21)6-7-23-17-41-27-26(23)35-18-36-28(27)34/h4-9,14-15,17-18H,3,10-13,16H2,1-2H3,(H,37,40)(H2,34,35,36). The lowest BCUT2D eigenvalue weighted by Gasteiger charge is -2.34. The van der Waals surface area contributed by atoms with Gasteiger partial charge in [-0.15, -0.1) is 11.3 Å². The number of anilines is 2. The molecular formula is C30H31F3N6OS. The number of hydrogen-bond acceptors (Lipinski definition) is 7. The molecule has 0 spiro atoms. The smallest absolute Gasteiger partial charge is 0.382 e. The third-order valence-corrected chi connectivity index (χ3v) is 8.38. The summed E-state index contributed by atoms with van der Waals surface area (Å²) in [5.41, 5.74) is 9.21. The largest absolute Gasteiger partial charge is 0.416 e. The summed E-state index contributed by atoms with van der Waals surface area (Å²) in [4.78, 5) is 25.7. The topological polar surface area (TPSA) is 87.4 Å². The summed E-state index contributed by atoms with van der Waals surface area (Å²) >= 11 is 1.45. The molecule has 1 amide bonds. The van der Waals surface area contributed by atoms with E-state index in [9.17, 15) is 18.0 Å². The van der Waals surface area contributed by atoms with Crippen molar-refractivity contribution in [1.82, 2.24) is 19.8 Å². The maximum absolute atomic E-state index is 14.0. The van der Waals surface area contributed by atoms with Crippen LogP contribution in [0, 0.1) is 6.92 Å². The van der Waals surface area contributed by atoms with Gasteiger partial charge in [0.15, 0.2) is 0 Å². The number of hydrogen-bond donors (Lipinski definition) is 2. The van der Waals surface area contributed by atoms with Crippen LogP contribution in [0.4, 0.5) is 24.7 Å². The van der Waals surface area contributed by atoms with Crippen LogP contribution in [0.15, 0.2) is 48.1 Å². The Bertz CT molecular complexity index is 1590. The zero-order valence-corrected chi connectivity index (χ0v) is 23.6. The average Bonchev–Trinajstić information content (AvgIpc) is 3.37. The molecule has 41 heavy (non-hydrogen) atoms. The highest BCUT2D eigenvalue weighted by molar-refractivity contribution is 7.18.